The lowest BCUT2D eigenvalue weighted by Crippen LogP contribution is -2.41. The lowest BCUT2D eigenvalue weighted by molar-refractivity contribution is -0.137. The summed E-state index contributed by atoms with van der Waals surface area (Å²) < 4.78 is 0. The lowest BCUT2D eigenvalue weighted by atomic mass is 9.81. The molecular formula is C18H32N2O. The van der Waals surface area contributed by atoms with Gasteiger partial charge in [-0.15, -0.1) is 0 Å². The number of carbonyl (C=O) groups is 1. The average Bonchev–Trinajstić information content (AvgIpc) is 2.91. The predicted octanol–water partition coefficient (Wildman–Crippen LogP) is 3.29. The summed E-state index contributed by atoms with van der Waals surface area (Å²) in [7, 11) is 0. The maximum absolute atomic E-state index is 12.8. The van der Waals surface area contributed by atoms with Crippen LogP contribution in [-0.4, -0.2) is 47.9 Å². The smallest absolute Gasteiger partial charge is 0.225 e. The molecule has 1 amide bonds. The Morgan fingerprint density at radius 2 is 1.67 bits per heavy atom. The summed E-state index contributed by atoms with van der Waals surface area (Å²) in [5.74, 6) is 1.54. The summed E-state index contributed by atoms with van der Waals surface area (Å²) in [6.45, 7) is 6.59. The van der Waals surface area contributed by atoms with Crippen LogP contribution in [0.3, 0.4) is 0 Å². The highest BCUT2D eigenvalue weighted by molar-refractivity contribution is 5.79. The van der Waals surface area contributed by atoms with E-state index >= 15 is 0 Å². The van der Waals surface area contributed by atoms with Gasteiger partial charge in [0.25, 0.3) is 0 Å². The lowest BCUT2D eigenvalue weighted by Gasteiger charge is -2.31. The highest BCUT2D eigenvalue weighted by Crippen LogP contribution is 2.30. The normalized spacial score (nSPS) is 33.1. The van der Waals surface area contributed by atoms with E-state index in [1.165, 1.54) is 51.5 Å². The zero-order valence-electron chi connectivity index (χ0n) is 13.7. The molecule has 1 heterocycles. The molecule has 3 nitrogen and oxygen atoms in total. The zero-order chi connectivity index (χ0) is 14.7. The Balaban J connectivity index is 1.53. The molecule has 2 saturated carbocycles. The first-order valence-electron chi connectivity index (χ1n) is 9.27. The molecule has 0 aromatic rings. The third kappa shape index (κ3) is 3.80. The maximum atomic E-state index is 12.8. The molecular weight excluding hydrogens is 260 g/mol. The van der Waals surface area contributed by atoms with Gasteiger partial charge in [-0.3, -0.25) is 9.69 Å². The first-order valence-corrected chi connectivity index (χ1v) is 9.27. The van der Waals surface area contributed by atoms with Gasteiger partial charge in [0, 0.05) is 38.1 Å². The van der Waals surface area contributed by atoms with Crippen molar-refractivity contribution in [2.75, 3.05) is 26.2 Å². The van der Waals surface area contributed by atoms with Crippen molar-refractivity contribution in [3.05, 3.63) is 0 Å². The van der Waals surface area contributed by atoms with E-state index in [1.807, 2.05) is 0 Å². The van der Waals surface area contributed by atoms with Crippen LogP contribution in [0.25, 0.3) is 0 Å². The molecule has 3 rings (SSSR count). The molecule has 0 N–H and O–H groups in total. The molecule has 0 aromatic carbocycles. The third-order valence-corrected chi connectivity index (χ3v) is 5.97. The monoisotopic (exact) mass is 292 g/mol. The Morgan fingerprint density at radius 1 is 0.857 bits per heavy atom. The van der Waals surface area contributed by atoms with Gasteiger partial charge in [-0.25, -0.2) is 0 Å². The minimum Gasteiger partial charge on any atom is -0.341 e. The van der Waals surface area contributed by atoms with E-state index in [2.05, 4.69) is 16.7 Å². The number of carbonyl (C=O) groups excluding carboxylic acids is 1. The van der Waals surface area contributed by atoms with Crippen LogP contribution in [-0.2, 0) is 4.79 Å². The summed E-state index contributed by atoms with van der Waals surface area (Å²) in [6, 6.07) is 0.815. The standard InChI is InChI=1S/C18H32N2O/c1-15-6-4-7-16(14-15)18(21)20-11-5-10-19(12-13-20)17-8-2-3-9-17/h15-17H,2-14H2,1H3. The Hall–Kier alpha value is -0.570. The van der Waals surface area contributed by atoms with Gasteiger partial charge in [-0.1, -0.05) is 32.6 Å². The van der Waals surface area contributed by atoms with Crippen molar-refractivity contribution in [2.45, 2.75) is 70.8 Å². The van der Waals surface area contributed by atoms with Crippen LogP contribution in [0.2, 0.25) is 0 Å². The van der Waals surface area contributed by atoms with Gasteiger partial charge in [-0.2, -0.15) is 0 Å². The number of rotatable bonds is 2. The minimum atomic E-state index is 0.326. The SMILES string of the molecule is CC1CCCC(C(=O)N2CCCN(C3CCCC3)CC2)C1. The molecule has 1 aliphatic heterocycles. The van der Waals surface area contributed by atoms with Crippen LogP contribution in [0.1, 0.15) is 64.7 Å². The van der Waals surface area contributed by atoms with Crippen molar-refractivity contribution in [3.63, 3.8) is 0 Å². The highest BCUT2D eigenvalue weighted by atomic mass is 16.2. The van der Waals surface area contributed by atoms with Crippen LogP contribution < -0.4 is 0 Å². The summed E-state index contributed by atoms with van der Waals surface area (Å²) in [4.78, 5) is 17.6. The molecule has 0 aromatic heterocycles. The molecule has 3 heteroatoms. The van der Waals surface area contributed by atoms with Crippen molar-refractivity contribution in [1.29, 1.82) is 0 Å². The Bertz CT molecular complexity index is 351. The van der Waals surface area contributed by atoms with Crippen molar-refractivity contribution in [1.82, 2.24) is 9.80 Å². The molecule has 2 atom stereocenters. The number of nitrogens with zero attached hydrogens (tertiary/aromatic N) is 2. The van der Waals surface area contributed by atoms with Gasteiger partial charge in [0.15, 0.2) is 0 Å². The molecule has 0 radical (unpaired) electrons. The summed E-state index contributed by atoms with van der Waals surface area (Å²) in [5.41, 5.74) is 0. The first-order chi connectivity index (χ1) is 10.2. The molecule has 120 valence electrons. The number of hydrogen-bond donors (Lipinski definition) is 0. The van der Waals surface area contributed by atoms with Gasteiger partial charge in [-0.05, 0) is 38.0 Å². The zero-order valence-corrected chi connectivity index (χ0v) is 13.7. The van der Waals surface area contributed by atoms with Crippen LogP contribution in [0.15, 0.2) is 0 Å². The summed E-state index contributed by atoms with van der Waals surface area (Å²) >= 11 is 0. The maximum Gasteiger partial charge on any atom is 0.225 e. The molecule has 2 unspecified atom stereocenters. The molecule has 1 saturated heterocycles. The largest absolute Gasteiger partial charge is 0.341 e. The summed E-state index contributed by atoms with van der Waals surface area (Å²) in [5, 5.41) is 0. The Morgan fingerprint density at radius 3 is 2.43 bits per heavy atom. The topological polar surface area (TPSA) is 23.6 Å². The van der Waals surface area contributed by atoms with E-state index in [9.17, 15) is 4.79 Å². The van der Waals surface area contributed by atoms with Gasteiger partial charge in [0.2, 0.25) is 5.91 Å². The van der Waals surface area contributed by atoms with Crippen molar-refractivity contribution in [2.24, 2.45) is 11.8 Å². The van der Waals surface area contributed by atoms with E-state index in [4.69, 9.17) is 0 Å². The molecule has 21 heavy (non-hydrogen) atoms. The van der Waals surface area contributed by atoms with E-state index in [1.54, 1.807) is 0 Å². The fraction of sp³-hybridized carbons (Fsp3) is 0.944. The quantitative estimate of drug-likeness (QED) is 0.780. The van der Waals surface area contributed by atoms with Crippen LogP contribution in [0.4, 0.5) is 0 Å². The van der Waals surface area contributed by atoms with Crippen molar-refractivity contribution in [3.8, 4) is 0 Å². The first kappa shape index (κ1) is 15.3. The second-order valence-corrected chi connectivity index (χ2v) is 7.62. The molecule has 0 bridgehead atoms. The fourth-order valence-corrected chi connectivity index (χ4v) is 4.71. The Labute approximate surface area is 130 Å². The van der Waals surface area contributed by atoms with E-state index < -0.39 is 0 Å². The van der Waals surface area contributed by atoms with Crippen LogP contribution in [0.5, 0.6) is 0 Å². The van der Waals surface area contributed by atoms with Gasteiger partial charge in [0.1, 0.15) is 0 Å². The van der Waals surface area contributed by atoms with Crippen molar-refractivity contribution < 1.29 is 4.79 Å². The second kappa shape index (κ2) is 7.13. The van der Waals surface area contributed by atoms with Crippen LogP contribution in [0, 0.1) is 11.8 Å². The minimum absolute atomic E-state index is 0.326. The summed E-state index contributed by atoms with van der Waals surface area (Å²) in [6.07, 6.45) is 11.6. The fourth-order valence-electron chi connectivity index (χ4n) is 4.71. The van der Waals surface area contributed by atoms with E-state index in [0.717, 1.165) is 44.4 Å². The predicted molar refractivity (Wildman–Crippen MR) is 86.1 cm³/mol. The number of hydrogen-bond acceptors (Lipinski definition) is 2. The van der Waals surface area contributed by atoms with Gasteiger partial charge >= 0.3 is 0 Å². The van der Waals surface area contributed by atoms with Gasteiger partial charge in [0.05, 0.1) is 0 Å². The van der Waals surface area contributed by atoms with E-state index in [-0.39, 0.29) is 0 Å². The van der Waals surface area contributed by atoms with E-state index in [0.29, 0.717) is 11.8 Å². The average molecular weight is 292 g/mol. The van der Waals surface area contributed by atoms with Gasteiger partial charge < -0.3 is 4.90 Å². The van der Waals surface area contributed by atoms with Crippen molar-refractivity contribution >= 4 is 5.91 Å². The highest BCUT2D eigenvalue weighted by Gasteiger charge is 2.31. The second-order valence-electron chi connectivity index (χ2n) is 7.62. The molecule has 0 spiro atoms. The Kier molecular flexibility index (Phi) is 5.20. The third-order valence-electron chi connectivity index (χ3n) is 5.97. The van der Waals surface area contributed by atoms with Crippen LogP contribution >= 0.6 is 0 Å². The molecule has 2 aliphatic carbocycles. The molecule has 3 aliphatic rings. The molecule has 3 fully saturated rings. The number of amides is 1.